The van der Waals surface area contributed by atoms with E-state index in [2.05, 4.69) is 10.3 Å². The number of fused-ring (bicyclic) bond motifs is 1. The molecule has 3 aromatic rings. The number of pyridine rings is 2. The molecule has 4 rings (SSSR count). The standard InChI is InChI=1S/C24H25N3O5/c1-5-32-24(30)19-12-27(16-6-7-16)20-18(21(19)29)9-8-17(22(20)31-4)15-10-13(2)23(25-11-15)26-14(3)28/h8-12,16H,5-7H2,1-4H3,(H,25,26,28). The number of nitrogens with one attached hydrogen (secondary N) is 1. The lowest BCUT2D eigenvalue weighted by Gasteiger charge is -2.18. The molecule has 8 heteroatoms. The number of methoxy groups -OCH3 is 1. The molecule has 32 heavy (non-hydrogen) atoms. The first kappa shape index (κ1) is 21.5. The normalized spacial score (nSPS) is 13.1. The molecule has 0 bridgehead atoms. The number of aryl methyl sites for hydroxylation is 1. The van der Waals surface area contributed by atoms with Crippen LogP contribution in [0.15, 0.2) is 35.4 Å². The van der Waals surface area contributed by atoms with Crippen LogP contribution in [-0.4, -0.2) is 35.1 Å². The molecule has 0 radical (unpaired) electrons. The minimum Gasteiger partial charge on any atom is -0.494 e. The maximum absolute atomic E-state index is 13.1. The number of amides is 1. The second-order valence-corrected chi connectivity index (χ2v) is 7.84. The van der Waals surface area contributed by atoms with Crippen molar-refractivity contribution in [2.75, 3.05) is 19.0 Å². The number of carbonyl (C=O) groups is 2. The molecule has 0 saturated heterocycles. The summed E-state index contributed by atoms with van der Waals surface area (Å²) >= 11 is 0. The van der Waals surface area contributed by atoms with Crippen LogP contribution in [0.2, 0.25) is 0 Å². The Morgan fingerprint density at radius 2 is 2.03 bits per heavy atom. The Morgan fingerprint density at radius 3 is 2.62 bits per heavy atom. The maximum Gasteiger partial charge on any atom is 0.343 e. The topological polar surface area (TPSA) is 99.5 Å². The highest BCUT2D eigenvalue weighted by Gasteiger charge is 2.29. The van der Waals surface area contributed by atoms with Crippen LogP contribution in [0.25, 0.3) is 22.0 Å². The van der Waals surface area contributed by atoms with E-state index in [0.29, 0.717) is 22.5 Å². The van der Waals surface area contributed by atoms with Crippen LogP contribution in [0.3, 0.4) is 0 Å². The van der Waals surface area contributed by atoms with Crippen molar-refractivity contribution < 1.29 is 19.1 Å². The summed E-state index contributed by atoms with van der Waals surface area (Å²) in [7, 11) is 1.56. The Hall–Kier alpha value is -3.68. The molecular weight excluding hydrogens is 410 g/mol. The smallest absolute Gasteiger partial charge is 0.343 e. The van der Waals surface area contributed by atoms with Crippen molar-refractivity contribution in [2.24, 2.45) is 0 Å². The molecule has 1 aromatic carbocycles. The highest BCUT2D eigenvalue weighted by molar-refractivity contribution is 5.98. The van der Waals surface area contributed by atoms with E-state index in [1.54, 1.807) is 38.6 Å². The average Bonchev–Trinajstić information content (AvgIpc) is 3.60. The molecule has 1 aliphatic carbocycles. The van der Waals surface area contributed by atoms with Gasteiger partial charge in [-0.2, -0.15) is 0 Å². The fourth-order valence-corrected chi connectivity index (χ4v) is 3.87. The van der Waals surface area contributed by atoms with Crippen LogP contribution >= 0.6 is 0 Å². The molecule has 8 nitrogen and oxygen atoms in total. The maximum atomic E-state index is 13.1. The van der Waals surface area contributed by atoms with Crippen LogP contribution in [0.4, 0.5) is 5.82 Å². The lowest BCUT2D eigenvalue weighted by atomic mass is 10.0. The summed E-state index contributed by atoms with van der Waals surface area (Å²) in [5, 5.41) is 3.11. The molecule has 1 saturated carbocycles. The van der Waals surface area contributed by atoms with Crippen LogP contribution in [0.1, 0.15) is 48.7 Å². The van der Waals surface area contributed by atoms with E-state index in [4.69, 9.17) is 9.47 Å². The Balaban J connectivity index is 1.94. The van der Waals surface area contributed by atoms with Crippen molar-refractivity contribution >= 4 is 28.6 Å². The van der Waals surface area contributed by atoms with E-state index < -0.39 is 5.97 Å². The predicted molar refractivity (Wildman–Crippen MR) is 121 cm³/mol. The lowest BCUT2D eigenvalue weighted by molar-refractivity contribution is -0.114. The fraction of sp³-hybridized carbons (Fsp3) is 0.333. The molecule has 1 N–H and O–H groups in total. The van der Waals surface area contributed by atoms with Crippen molar-refractivity contribution in [3.63, 3.8) is 0 Å². The minimum absolute atomic E-state index is 0.0261. The third-order valence-corrected chi connectivity index (χ3v) is 5.47. The number of hydrogen-bond donors (Lipinski definition) is 1. The minimum atomic E-state index is -0.620. The first-order chi connectivity index (χ1) is 15.3. The van der Waals surface area contributed by atoms with E-state index in [9.17, 15) is 14.4 Å². The SMILES string of the molecule is CCOC(=O)c1cn(C2CC2)c2c(OC)c(-c3cnc(NC(C)=O)c(C)c3)ccc2c1=O. The summed E-state index contributed by atoms with van der Waals surface area (Å²) in [6.45, 7) is 5.20. The number of anilines is 1. The number of benzene rings is 1. The zero-order valence-corrected chi connectivity index (χ0v) is 18.5. The summed E-state index contributed by atoms with van der Waals surface area (Å²) in [5.41, 5.74) is 2.65. The molecule has 0 spiro atoms. The van der Waals surface area contributed by atoms with Gasteiger partial charge in [-0.15, -0.1) is 0 Å². The van der Waals surface area contributed by atoms with Crippen molar-refractivity contribution in [2.45, 2.75) is 39.7 Å². The van der Waals surface area contributed by atoms with Crippen molar-refractivity contribution in [3.05, 3.63) is 51.9 Å². The van der Waals surface area contributed by atoms with E-state index in [-0.39, 0.29) is 29.5 Å². The van der Waals surface area contributed by atoms with Gasteiger partial charge in [-0.3, -0.25) is 9.59 Å². The van der Waals surface area contributed by atoms with Gasteiger partial charge in [0.2, 0.25) is 11.3 Å². The summed E-state index contributed by atoms with van der Waals surface area (Å²) < 4.78 is 12.8. The Kier molecular flexibility index (Phi) is 5.69. The number of aromatic nitrogens is 2. The van der Waals surface area contributed by atoms with Crippen LogP contribution in [0, 0.1) is 6.92 Å². The number of hydrogen-bond acceptors (Lipinski definition) is 6. The molecule has 2 heterocycles. The second-order valence-electron chi connectivity index (χ2n) is 7.84. The lowest BCUT2D eigenvalue weighted by Crippen LogP contribution is -2.21. The van der Waals surface area contributed by atoms with E-state index in [1.807, 2.05) is 17.6 Å². The summed E-state index contributed by atoms with van der Waals surface area (Å²) in [5.74, 6) is 0.220. The number of nitrogens with zero attached hydrogens (tertiary/aromatic N) is 2. The van der Waals surface area contributed by atoms with Gasteiger partial charge in [0.05, 0.1) is 24.6 Å². The van der Waals surface area contributed by atoms with Crippen LogP contribution in [0.5, 0.6) is 5.75 Å². The first-order valence-corrected chi connectivity index (χ1v) is 10.5. The van der Waals surface area contributed by atoms with Gasteiger partial charge in [0.25, 0.3) is 0 Å². The monoisotopic (exact) mass is 435 g/mol. The molecule has 1 fully saturated rings. The third-order valence-electron chi connectivity index (χ3n) is 5.47. The van der Waals surface area contributed by atoms with E-state index in [1.165, 1.54) is 6.92 Å². The van der Waals surface area contributed by atoms with Gasteiger partial charge in [0, 0.05) is 36.5 Å². The zero-order valence-electron chi connectivity index (χ0n) is 18.5. The Morgan fingerprint density at radius 1 is 1.28 bits per heavy atom. The third kappa shape index (κ3) is 3.84. The molecule has 0 aliphatic heterocycles. The Bertz CT molecular complexity index is 1290. The highest BCUT2D eigenvalue weighted by atomic mass is 16.5. The van der Waals surface area contributed by atoms with Gasteiger partial charge in [0.15, 0.2) is 5.75 Å². The number of rotatable bonds is 6. The van der Waals surface area contributed by atoms with Crippen molar-refractivity contribution in [3.8, 4) is 16.9 Å². The molecule has 0 unspecified atom stereocenters. The number of carbonyl (C=O) groups excluding carboxylic acids is 2. The van der Waals surface area contributed by atoms with Gasteiger partial charge in [0.1, 0.15) is 11.4 Å². The Labute approximate surface area is 185 Å². The zero-order chi connectivity index (χ0) is 23.0. The predicted octanol–water partition coefficient (Wildman–Crippen LogP) is 3.85. The molecule has 1 amide bonds. The van der Waals surface area contributed by atoms with E-state index >= 15 is 0 Å². The van der Waals surface area contributed by atoms with Gasteiger partial charge in [-0.05, 0) is 50.5 Å². The largest absolute Gasteiger partial charge is 0.494 e. The first-order valence-electron chi connectivity index (χ1n) is 10.5. The number of ether oxygens (including phenoxy) is 2. The van der Waals surface area contributed by atoms with Gasteiger partial charge in [-0.1, -0.05) is 0 Å². The molecular formula is C24H25N3O5. The second kappa shape index (κ2) is 8.45. The fourth-order valence-electron chi connectivity index (χ4n) is 3.87. The van der Waals surface area contributed by atoms with Crippen LogP contribution in [-0.2, 0) is 9.53 Å². The van der Waals surface area contributed by atoms with Crippen LogP contribution < -0.4 is 15.5 Å². The van der Waals surface area contributed by atoms with Gasteiger partial charge < -0.3 is 19.4 Å². The van der Waals surface area contributed by atoms with Crippen molar-refractivity contribution in [1.82, 2.24) is 9.55 Å². The van der Waals surface area contributed by atoms with Gasteiger partial charge in [-0.25, -0.2) is 9.78 Å². The summed E-state index contributed by atoms with van der Waals surface area (Å²) in [6, 6.07) is 5.61. The van der Waals surface area contributed by atoms with E-state index in [0.717, 1.165) is 29.5 Å². The average molecular weight is 435 g/mol. The molecule has 1 aliphatic rings. The quantitative estimate of drug-likeness (QED) is 0.591. The summed E-state index contributed by atoms with van der Waals surface area (Å²) in [6.07, 6.45) is 5.17. The number of esters is 1. The summed E-state index contributed by atoms with van der Waals surface area (Å²) in [4.78, 5) is 41.3. The molecule has 2 aromatic heterocycles. The van der Waals surface area contributed by atoms with Crippen molar-refractivity contribution in [1.29, 1.82) is 0 Å². The molecule has 166 valence electrons. The highest BCUT2D eigenvalue weighted by Crippen LogP contribution is 2.42. The van der Waals surface area contributed by atoms with Gasteiger partial charge >= 0.3 is 5.97 Å². The molecule has 0 atom stereocenters.